The molecule has 12 heteroatoms. The molecule has 1 aromatic carbocycles. The number of hydrogen-bond acceptors (Lipinski definition) is 10. The Balaban J connectivity index is 1.47. The van der Waals surface area contributed by atoms with Crippen molar-refractivity contribution in [2.24, 2.45) is 0 Å². The number of aryl methyl sites for hydroxylation is 1. The summed E-state index contributed by atoms with van der Waals surface area (Å²) in [5, 5.41) is 3.01. The van der Waals surface area contributed by atoms with Crippen molar-refractivity contribution >= 4 is 51.2 Å². The van der Waals surface area contributed by atoms with Crippen molar-refractivity contribution in [3.05, 3.63) is 51.7 Å². The second-order valence-electron chi connectivity index (χ2n) is 7.40. The summed E-state index contributed by atoms with van der Waals surface area (Å²) in [5.41, 5.74) is 7.57. The van der Waals surface area contributed by atoms with E-state index in [9.17, 15) is 19.2 Å². The minimum atomic E-state index is -0.629. The van der Waals surface area contributed by atoms with E-state index in [0.29, 0.717) is 26.2 Å². The third-order valence-electron chi connectivity index (χ3n) is 5.10. The molecular formula is C22H21N5O6S. The van der Waals surface area contributed by atoms with E-state index in [4.69, 9.17) is 15.2 Å². The van der Waals surface area contributed by atoms with Gasteiger partial charge in [0.05, 0.1) is 30.6 Å². The number of fused-ring (bicyclic) bond motifs is 1. The number of ether oxygens (including phenoxy) is 2. The molecule has 0 bridgehead atoms. The molecule has 3 N–H and O–H groups in total. The number of esters is 2. The number of rotatable bonds is 7. The zero-order valence-electron chi connectivity index (χ0n) is 18.4. The van der Waals surface area contributed by atoms with E-state index in [1.807, 2.05) is 0 Å². The van der Waals surface area contributed by atoms with Gasteiger partial charge in [0.25, 0.3) is 0 Å². The summed E-state index contributed by atoms with van der Waals surface area (Å²) >= 11 is 1.14. The molecular weight excluding hydrogens is 462 g/mol. The molecule has 11 nitrogen and oxygen atoms in total. The smallest absolute Gasteiger partial charge is 0.348 e. The average Bonchev–Trinajstić information content (AvgIpc) is 3.32. The van der Waals surface area contributed by atoms with Crippen LogP contribution in [-0.2, 0) is 27.4 Å². The van der Waals surface area contributed by atoms with E-state index in [-0.39, 0.29) is 49.4 Å². The van der Waals surface area contributed by atoms with Gasteiger partial charge in [0.1, 0.15) is 15.5 Å². The second kappa shape index (κ2) is 9.43. The summed E-state index contributed by atoms with van der Waals surface area (Å²) in [5.74, 6) is -1.06. The molecule has 1 fully saturated rings. The molecule has 0 radical (unpaired) electrons. The fourth-order valence-electron chi connectivity index (χ4n) is 3.48. The van der Waals surface area contributed by atoms with Gasteiger partial charge in [-0.3, -0.25) is 9.69 Å². The van der Waals surface area contributed by atoms with Gasteiger partial charge in [-0.05, 0) is 37.1 Å². The van der Waals surface area contributed by atoms with Crippen LogP contribution in [0.1, 0.15) is 43.9 Å². The Morgan fingerprint density at radius 1 is 1.21 bits per heavy atom. The maximum absolute atomic E-state index is 12.6. The van der Waals surface area contributed by atoms with Crippen LogP contribution in [0.4, 0.5) is 10.6 Å². The van der Waals surface area contributed by atoms with E-state index < -0.39 is 18.0 Å². The van der Waals surface area contributed by atoms with Gasteiger partial charge in [-0.15, -0.1) is 11.3 Å². The standard InChI is InChI=1S/C22H21N5O6S/c1-3-32-21(30)17-11(2)16-18(23)25-14(26-19(16)34-17)10-33-20(29)13-6-4-5-12(7-13)9-27-15(28)8-24-22(27)31/h4-7H,3,8-10H2,1-2H3,(H,24,31)(H2,23,25,26). The van der Waals surface area contributed by atoms with Crippen LogP contribution in [0.3, 0.4) is 0 Å². The van der Waals surface area contributed by atoms with Crippen LogP contribution in [0.2, 0.25) is 0 Å². The molecule has 0 atom stereocenters. The molecule has 0 unspecified atom stereocenters. The van der Waals surface area contributed by atoms with Crippen LogP contribution in [0.15, 0.2) is 24.3 Å². The number of nitrogens with zero attached hydrogens (tertiary/aromatic N) is 3. The van der Waals surface area contributed by atoms with Gasteiger partial charge in [-0.1, -0.05) is 12.1 Å². The highest BCUT2D eigenvalue weighted by molar-refractivity contribution is 7.20. The highest BCUT2D eigenvalue weighted by atomic mass is 32.1. The summed E-state index contributed by atoms with van der Waals surface area (Å²) in [7, 11) is 0. The number of nitrogens with one attached hydrogen (secondary N) is 1. The Bertz CT molecular complexity index is 1300. The normalized spacial score (nSPS) is 13.3. The van der Waals surface area contributed by atoms with Crippen LogP contribution < -0.4 is 11.1 Å². The second-order valence-corrected chi connectivity index (χ2v) is 8.40. The quantitative estimate of drug-likeness (QED) is 0.380. The predicted molar refractivity (Wildman–Crippen MR) is 122 cm³/mol. The fraction of sp³-hybridized carbons (Fsp3) is 0.273. The Morgan fingerprint density at radius 2 is 2.00 bits per heavy atom. The highest BCUT2D eigenvalue weighted by Crippen LogP contribution is 2.33. The lowest BCUT2D eigenvalue weighted by Gasteiger charge is -2.13. The van der Waals surface area contributed by atoms with Crippen LogP contribution in [0.25, 0.3) is 10.2 Å². The number of urea groups is 1. The number of aromatic nitrogens is 2. The Morgan fingerprint density at radius 3 is 2.71 bits per heavy atom. The Labute approximate surface area is 197 Å². The van der Waals surface area contributed by atoms with E-state index in [0.717, 1.165) is 16.2 Å². The monoisotopic (exact) mass is 483 g/mol. The first-order valence-corrected chi connectivity index (χ1v) is 11.2. The lowest BCUT2D eigenvalue weighted by molar-refractivity contribution is -0.125. The molecule has 2 aromatic heterocycles. The van der Waals surface area contributed by atoms with E-state index in [2.05, 4.69) is 15.3 Å². The largest absolute Gasteiger partial charge is 0.462 e. The van der Waals surface area contributed by atoms with Gasteiger partial charge in [0, 0.05) is 0 Å². The molecule has 0 saturated carbocycles. The number of nitrogens with two attached hydrogens (primary N) is 1. The average molecular weight is 484 g/mol. The summed E-state index contributed by atoms with van der Waals surface area (Å²) in [6, 6.07) is 5.97. The van der Waals surface area contributed by atoms with Crippen LogP contribution in [0, 0.1) is 6.92 Å². The van der Waals surface area contributed by atoms with Crippen molar-refractivity contribution in [3.63, 3.8) is 0 Å². The fourth-order valence-corrected chi connectivity index (χ4v) is 4.58. The lowest BCUT2D eigenvalue weighted by atomic mass is 10.1. The molecule has 4 rings (SSSR count). The molecule has 0 aliphatic carbocycles. The number of nitrogen functional groups attached to an aromatic ring is 1. The maximum Gasteiger partial charge on any atom is 0.348 e. The van der Waals surface area contributed by atoms with Crippen molar-refractivity contribution in [2.75, 3.05) is 18.9 Å². The number of carbonyl (C=O) groups excluding carboxylic acids is 4. The maximum atomic E-state index is 12.6. The summed E-state index contributed by atoms with van der Waals surface area (Å²) in [6.45, 7) is 3.48. The minimum absolute atomic E-state index is 0.0426. The van der Waals surface area contributed by atoms with Crippen LogP contribution in [0.5, 0.6) is 0 Å². The zero-order valence-corrected chi connectivity index (χ0v) is 19.2. The minimum Gasteiger partial charge on any atom is -0.462 e. The zero-order chi connectivity index (χ0) is 24.4. The predicted octanol–water partition coefficient (Wildman–Crippen LogP) is 2.17. The Kier molecular flexibility index (Phi) is 6.41. The third-order valence-corrected chi connectivity index (χ3v) is 6.26. The first-order chi connectivity index (χ1) is 16.3. The van der Waals surface area contributed by atoms with E-state index >= 15 is 0 Å². The number of benzene rings is 1. The SMILES string of the molecule is CCOC(=O)c1sc2nc(COC(=O)c3cccc(CN4C(=O)CNC4=O)c3)nc(N)c2c1C. The van der Waals surface area contributed by atoms with Gasteiger partial charge in [0.2, 0.25) is 5.91 Å². The number of anilines is 1. The van der Waals surface area contributed by atoms with Gasteiger partial charge >= 0.3 is 18.0 Å². The lowest BCUT2D eigenvalue weighted by Crippen LogP contribution is -2.30. The van der Waals surface area contributed by atoms with Crippen molar-refractivity contribution in [2.45, 2.75) is 27.0 Å². The number of imide groups is 1. The summed E-state index contributed by atoms with van der Waals surface area (Å²) in [4.78, 5) is 58.8. The number of amides is 3. The molecule has 0 spiro atoms. The molecule has 3 aromatic rings. The molecule has 1 aliphatic rings. The number of hydrogen-bond donors (Lipinski definition) is 2. The van der Waals surface area contributed by atoms with Gasteiger partial charge in [-0.25, -0.2) is 24.4 Å². The summed E-state index contributed by atoms with van der Waals surface area (Å²) in [6.07, 6.45) is 0. The van der Waals surface area contributed by atoms with Crippen molar-refractivity contribution < 1.29 is 28.7 Å². The Hall–Kier alpha value is -4.06. The van der Waals surface area contributed by atoms with Crippen LogP contribution in [-0.4, -0.2) is 51.9 Å². The van der Waals surface area contributed by atoms with Crippen molar-refractivity contribution in [3.8, 4) is 0 Å². The molecule has 34 heavy (non-hydrogen) atoms. The molecule has 176 valence electrons. The number of thiophene rings is 1. The van der Waals surface area contributed by atoms with Gasteiger partial charge < -0.3 is 20.5 Å². The molecule has 3 heterocycles. The molecule has 1 saturated heterocycles. The van der Waals surface area contributed by atoms with E-state index in [1.165, 1.54) is 0 Å². The highest BCUT2D eigenvalue weighted by Gasteiger charge is 2.28. The number of carbonyl (C=O) groups is 4. The third kappa shape index (κ3) is 4.53. The van der Waals surface area contributed by atoms with Gasteiger partial charge in [0.15, 0.2) is 12.4 Å². The first kappa shape index (κ1) is 23.1. The van der Waals surface area contributed by atoms with Crippen molar-refractivity contribution in [1.29, 1.82) is 0 Å². The van der Waals surface area contributed by atoms with Crippen molar-refractivity contribution in [1.82, 2.24) is 20.2 Å². The van der Waals surface area contributed by atoms with E-state index in [1.54, 1.807) is 38.1 Å². The van der Waals surface area contributed by atoms with Gasteiger partial charge in [-0.2, -0.15) is 0 Å². The molecule has 3 amide bonds. The van der Waals surface area contributed by atoms with Crippen LogP contribution >= 0.6 is 11.3 Å². The first-order valence-electron chi connectivity index (χ1n) is 10.3. The topological polar surface area (TPSA) is 154 Å². The molecule has 1 aliphatic heterocycles. The summed E-state index contributed by atoms with van der Waals surface area (Å²) < 4.78 is 10.4.